The molecule has 0 aromatic heterocycles. The maximum absolute atomic E-state index is 3.34. The Morgan fingerprint density at radius 3 is 1.85 bits per heavy atom. The molecule has 1 aliphatic rings. The van der Waals surface area contributed by atoms with Gasteiger partial charge in [0, 0.05) is 11.1 Å². The zero-order valence-electron chi connectivity index (χ0n) is 21.8. The van der Waals surface area contributed by atoms with E-state index in [1.54, 1.807) is 0 Å². The molecule has 34 heavy (non-hydrogen) atoms. The summed E-state index contributed by atoms with van der Waals surface area (Å²) in [6, 6.07) is 17.6. The topological polar surface area (TPSA) is 0 Å². The number of rotatable bonds is 12. The third-order valence-electron chi connectivity index (χ3n) is 7.52. The van der Waals surface area contributed by atoms with E-state index in [1.807, 2.05) is 0 Å². The van der Waals surface area contributed by atoms with Gasteiger partial charge in [0.2, 0.25) is 0 Å². The van der Waals surface area contributed by atoms with Crippen LogP contribution in [0.2, 0.25) is 0 Å². The van der Waals surface area contributed by atoms with Crippen LogP contribution in [0.3, 0.4) is 0 Å². The Morgan fingerprint density at radius 2 is 1.24 bits per heavy atom. The highest BCUT2D eigenvalue weighted by Crippen LogP contribution is 2.34. The van der Waals surface area contributed by atoms with Gasteiger partial charge in [0.05, 0.1) is 0 Å². The maximum atomic E-state index is 3.34. The molecular weight excluding hydrogens is 408 g/mol. The van der Waals surface area contributed by atoms with Gasteiger partial charge in [-0.2, -0.15) is 0 Å². The van der Waals surface area contributed by atoms with Crippen molar-refractivity contribution in [2.75, 3.05) is 0 Å². The molecule has 182 valence electrons. The van der Waals surface area contributed by atoms with E-state index >= 15 is 0 Å². The van der Waals surface area contributed by atoms with Crippen molar-refractivity contribution in [3.8, 4) is 11.8 Å². The fourth-order valence-electron chi connectivity index (χ4n) is 5.17. The van der Waals surface area contributed by atoms with Crippen LogP contribution in [0.5, 0.6) is 0 Å². The summed E-state index contributed by atoms with van der Waals surface area (Å²) in [5.41, 5.74) is 4.91. The van der Waals surface area contributed by atoms with Crippen molar-refractivity contribution in [1.29, 1.82) is 0 Å². The maximum Gasteiger partial charge on any atom is 0.0249 e. The first kappa shape index (κ1) is 26.3. The SMILES string of the molecule is CCCCC/C=C/c1ccc(C#Cc2ccc(CCC3CCC(CCCCC)CC3)cc2)cc1. The molecule has 2 aromatic rings. The van der Waals surface area contributed by atoms with E-state index in [9.17, 15) is 0 Å². The van der Waals surface area contributed by atoms with E-state index in [0.29, 0.717) is 0 Å². The highest BCUT2D eigenvalue weighted by Gasteiger charge is 2.20. The second-order valence-electron chi connectivity index (χ2n) is 10.4. The molecular formula is C34H46. The van der Waals surface area contributed by atoms with Crippen LogP contribution in [0, 0.1) is 23.7 Å². The summed E-state index contributed by atoms with van der Waals surface area (Å²) in [6.07, 6.45) is 23.7. The normalized spacial score (nSPS) is 18.1. The Balaban J connectivity index is 1.39. The van der Waals surface area contributed by atoms with Crippen LogP contribution < -0.4 is 0 Å². The van der Waals surface area contributed by atoms with Crippen molar-refractivity contribution in [3.63, 3.8) is 0 Å². The molecule has 0 amide bonds. The predicted molar refractivity (Wildman–Crippen MR) is 150 cm³/mol. The minimum absolute atomic E-state index is 0.941. The molecule has 1 fully saturated rings. The third kappa shape index (κ3) is 9.93. The Kier molecular flexibility index (Phi) is 12.1. The van der Waals surface area contributed by atoms with E-state index in [4.69, 9.17) is 0 Å². The molecule has 0 bridgehead atoms. The highest BCUT2D eigenvalue weighted by molar-refractivity contribution is 5.52. The van der Waals surface area contributed by atoms with E-state index in [0.717, 1.165) is 23.0 Å². The number of benzene rings is 2. The molecule has 1 saturated carbocycles. The number of hydrogen-bond acceptors (Lipinski definition) is 0. The largest absolute Gasteiger partial charge is 0.0839 e. The summed E-state index contributed by atoms with van der Waals surface area (Å²) in [4.78, 5) is 0. The van der Waals surface area contributed by atoms with Crippen molar-refractivity contribution in [2.24, 2.45) is 11.8 Å². The number of allylic oxidation sites excluding steroid dienone is 1. The first-order chi connectivity index (χ1) is 16.8. The lowest BCUT2D eigenvalue weighted by Crippen LogP contribution is -2.15. The predicted octanol–water partition coefficient (Wildman–Crippen LogP) is 10.00. The van der Waals surface area contributed by atoms with Gasteiger partial charge in [0.1, 0.15) is 0 Å². The molecule has 0 nitrogen and oxygen atoms in total. The Bertz CT molecular complexity index is 880. The molecule has 0 N–H and O–H groups in total. The fraction of sp³-hybridized carbons (Fsp3) is 0.529. The van der Waals surface area contributed by atoms with Crippen LogP contribution in [-0.4, -0.2) is 0 Å². The third-order valence-corrected chi connectivity index (χ3v) is 7.52. The summed E-state index contributed by atoms with van der Waals surface area (Å²) in [7, 11) is 0. The van der Waals surface area contributed by atoms with E-state index in [1.165, 1.54) is 101 Å². The summed E-state index contributed by atoms with van der Waals surface area (Å²) < 4.78 is 0. The fourth-order valence-corrected chi connectivity index (χ4v) is 5.17. The van der Waals surface area contributed by atoms with Crippen molar-refractivity contribution in [3.05, 3.63) is 76.9 Å². The number of unbranched alkanes of at least 4 members (excludes halogenated alkanes) is 5. The lowest BCUT2D eigenvalue weighted by Gasteiger charge is -2.28. The van der Waals surface area contributed by atoms with Gasteiger partial charge < -0.3 is 0 Å². The summed E-state index contributed by atoms with van der Waals surface area (Å²) in [5.74, 6) is 8.62. The number of hydrogen-bond donors (Lipinski definition) is 0. The molecule has 0 aliphatic heterocycles. The average Bonchev–Trinajstić information content (AvgIpc) is 2.88. The molecule has 0 atom stereocenters. The van der Waals surface area contributed by atoms with Crippen molar-refractivity contribution in [1.82, 2.24) is 0 Å². The second kappa shape index (κ2) is 15.6. The van der Waals surface area contributed by atoms with Gasteiger partial charge in [0.15, 0.2) is 0 Å². The number of aryl methyl sites for hydroxylation is 1. The molecule has 2 aromatic carbocycles. The van der Waals surface area contributed by atoms with Crippen LogP contribution >= 0.6 is 0 Å². The van der Waals surface area contributed by atoms with Crippen molar-refractivity contribution >= 4 is 6.08 Å². The summed E-state index contributed by atoms with van der Waals surface area (Å²) in [6.45, 7) is 4.56. The summed E-state index contributed by atoms with van der Waals surface area (Å²) in [5, 5.41) is 0. The lowest BCUT2D eigenvalue weighted by atomic mass is 9.78. The van der Waals surface area contributed by atoms with Gasteiger partial charge in [-0.1, -0.05) is 126 Å². The quantitative estimate of drug-likeness (QED) is 0.221. The van der Waals surface area contributed by atoms with Crippen LogP contribution in [-0.2, 0) is 6.42 Å². The molecule has 0 saturated heterocycles. The van der Waals surface area contributed by atoms with E-state index < -0.39 is 0 Å². The van der Waals surface area contributed by atoms with Crippen LogP contribution in [0.1, 0.15) is 120 Å². The second-order valence-corrected chi connectivity index (χ2v) is 10.4. The zero-order chi connectivity index (χ0) is 23.8. The van der Waals surface area contributed by atoms with E-state index in [-0.39, 0.29) is 0 Å². The smallest absolute Gasteiger partial charge is 0.0249 e. The highest BCUT2D eigenvalue weighted by atomic mass is 14.3. The Hall–Kier alpha value is -2.26. The van der Waals surface area contributed by atoms with Crippen molar-refractivity contribution < 1.29 is 0 Å². The van der Waals surface area contributed by atoms with E-state index in [2.05, 4.69) is 86.4 Å². The minimum atomic E-state index is 0.941. The van der Waals surface area contributed by atoms with Crippen LogP contribution in [0.15, 0.2) is 54.6 Å². The Labute approximate surface area is 210 Å². The first-order valence-corrected chi connectivity index (χ1v) is 14.1. The van der Waals surface area contributed by atoms with Crippen LogP contribution in [0.4, 0.5) is 0 Å². The molecule has 0 unspecified atom stereocenters. The first-order valence-electron chi connectivity index (χ1n) is 14.1. The lowest BCUT2D eigenvalue weighted by molar-refractivity contribution is 0.249. The molecule has 3 rings (SSSR count). The van der Waals surface area contributed by atoms with Gasteiger partial charge in [-0.3, -0.25) is 0 Å². The average molecular weight is 455 g/mol. The summed E-state index contributed by atoms with van der Waals surface area (Å²) >= 11 is 0. The molecule has 0 heterocycles. The molecule has 0 radical (unpaired) electrons. The van der Waals surface area contributed by atoms with Crippen LogP contribution in [0.25, 0.3) is 6.08 Å². The van der Waals surface area contributed by atoms with Gasteiger partial charge in [0.25, 0.3) is 0 Å². The Morgan fingerprint density at radius 1 is 0.676 bits per heavy atom. The van der Waals surface area contributed by atoms with Gasteiger partial charge in [-0.05, 0) is 72.9 Å². The molecule has 0 heteroatoms. The van der Waals surface area contributed by atoms with Gasteiger partial charge in [-0.15, -0.1) is 0 Å². The standard InChI is InChI=1S/C34H46/c1-3-5-7-8-10-12-30-15-19-32(20-16-30)22-24-34-27-25-33(26-28-34)23-21-31-17-13-29(14-18-31)11-9-6-4-2/h10,12,15-16,19-20,25-29,31H,3-9,11,13-14,17-18,21,23H2,1-2H3/b12-10+. The monoisotopic (exact) mass is 454 g/mol. The zero-order valence-corrected chi connectivity index (χ0v) is 21.8. The van der Waals surface area contributed by atoms with Gasteiger partial charge in [-0.25, -0.2) is 0 Å². The molecule has 0 spiro atoms. The van der Waals surface area contributed by atoms with Crippen molar-refractivity contribution in [2.45, 2.75) is 104 Å². The minimum Gasteiger partial charge on any atom is -0.0839 e. The molecule has 1 aliphatic carbocycles. The van der Waals surface area contributed by atoms with Gasteiger partial charge >= 0.3 is 0 Å².